The lowest BCUT2D eigenvalue weighted by Gasteiger charge is -2.24. The molecule has 0 bridgehead atoms. The highest BCUT2D eigenvalue weighted by Crippen LogP contribution is 2.38. The molecule has 5 heteroatoms. The normalized spacial score (nSPS) is 18.1. The fourth-order valence-corrected chi connectivity index (χ4v) is 2.70. The molecule has 0 saturated heterocycles. The number of aryl methyl sites for hydroxylation is 1. The molecule has 1 aliphatic heterocycles. The topological polar surface area (TPSA) is 66.8 Å². The molecule has 0 saturated carbocycles. The van der Waals surface area contributed by atoms with Crippen LogP contribution in [0.3, 0.4) is 0 Å². The van der Waals surface area contributed by atoms with Gasteiger partial charge in [-0.05, 0) is 37.0 Å². The molecule has 20 heavy (non-hydrogen) atoms. The lowest BCUT2D eigenvalue weighted by atomic mass is 9.94. The summed E-state index contributed by atoms with van der Waals surface area (Å²) in [6.45, 7) is 3.83. The lowest BCUT2D eigenvalue weighted by molar-refractivity contribution is -0.141. The third-order valence-electron chi connectivity index (χ3n) is 3.85. The predicted molar refractivity (Wildman–Crippen MR) is 75.2 cm³/mol. The number of amides is 1. The Morgan fingerprint density at radius 1 is 1.40 bits per heavy atom. The summed E-state index contributed by atoms with van der Waals surface area (Å²) in [5.41, 5.74) is 2.61. The summed E-state index contributed by atoms with van der Waals surface area (Å²) < 4.78 is 5.36. The van der Waals surface area contributed by atoms with E-state index < -0.39 is 11.9 Å². The number of anilines is 1. The fraction of sp³-hybridized carbons (Fsp3) is 0.467. The molecule has 2 rings (SSSR count). The van der Waals surface area contributed by atoms with Crippen LogP contribution >= 0.6 is 0 Å². The summed E-state index contributed by atoms with van der Waals surface area (Å²) >= 11 is 0. The van der Waals surface area contributed by atoms with Gasteiger partial charge in [-0.15, -0.1) is 0 Å². The zero-order chi connectivity index (χ0) is 14.9. The van der Waals surface area contributed by atoms with Crippen LogP contribution in [0.2, 0.25) is 0 Å². The molecular formula is C15H19NO4. The van der Waals surface area contributed by atoms with E-state index in [9.17, 15) is 14.7 Å². The van der Waals surface area contributed by atoms with Gasteiger partial charge >= 0.3 is 5.97 Å². The number of hydrogen-bond acceptors (Lipinski definition) is 3. The number of aliphatic carboxylic acids is 1. The molecule has 1 N–H and O–H groups in total. The van der Waals surface area contributed by atoms with Gasteiger partial charge in [0.25, 0.3) is 0 Å². The van der Waals surface area contributed by atoms with Gasteiger partial charge in [0.15, 0.2) is 0 Å². The molecular weight excluding hydrogens is 258 g/mol. The number of fused-ring (bicyclic) bond motifs is 1. The summed E-state index contributed by atoms with van der Waals surface area (Å²) in [7, 11) is 1.56. The van der Waals surface area contributed by atoms with Crippen LogP contribution in [0.25, 0.3) is 0 Å². The average Bonchev–Trinajstić information content (AvgIpc) is 2.60. The molecule has 0 aromatic heterocycles. The second-order valence-electron chi connectivity index (χ2n) is 5.11. The fourth-order valence-electron chi connectivity index (χ4n) is 2.70. The van der Waals surface area contributed by atoms with Crippen LogP contribution in [0, 0.1) is 12.8 Å². The van der Waals surface area contributed by atoms with Gasteiger partial charge in [-0.25, -0.2) is 0 Å². The van der Waals surface area contributed by atoms with Crippen LogP contribution in [0.5, 0.6) is 5.75 Å². The monoisotopic (exact) mass is 277 g/mol. The minimum atomic E-state index is -0.816. The van der Waals surface area contributed by atoms with E-state index in [1.807, 2.05) is 19.1 Å². The van der Waals surface area contributed by atoms with Crippen LogP contribution in [0.15, 0.2) is 12.1 Å². The molecule has 5 nitrogen and oxygen atoms in total. The standard InChI is InChI=1S/C15H19NO4/c1-9-4-5-13(20-3)14-12(9)8-11(15(18)19)6-7-16(14)10(2)17/h4-5,11H,6-8H2,1-3H3,(H,18,19). The van der Waals surface area contributed by atoms with E-state index in [0.717, 1.165) is 16.8 Å². The average molecular weight is 277 g/mol. The van der Waals surface area contributed by atoms with Crippen LogP contribution in [-0.2, 0) is 16.0 Å². The first-order chi connectivity index (χ1) is 9.45. The van der Waals surface area contributed by atoms with E-state index in [-0.39, 0.29) is 5.91 Å². The Morgan fingerprint density at radius 2 is 2.10 bits per heavy atom. The van der Waals surface area contributed by atoms with Gasteiger partial charge in [0.05, 0.1) is 18.7 Å². The van der Waals surface area contributed by atoms with Crippen molar-refractivity contribution in [3.8, 4) is 5.75 Å². The first kappa shape index (κ1) is 14.4. The van der Waals surface area contributed by atoms with E-state index in [1.54, 1.807) is 12.0 Å². The summed E-state index contributed by atoms with van der Waals surface area (Å²) in [4.78, 5) is 24.8. The van der Waals surface area contributed by atoms with Crippen LogP contribution < -0.4 is 9.64 Å². The number of benzene rings is 1. The zero-order valence-corrected chi connectivity index (χ0v) is 12.0. The molecule has 1 aromatic rings. The molecule has 1 atom stereocenters. The number of carboxylic acids is 1. The van der Waals surface area contributed by atoms with E-state index in [2.05, 4.69) is 0 Å². The summed E-state index contributed by atoms with van der Waals surface area (Å²) in [6, 6.07) is 3.73. The summed E-state index contributed by atoms with van der Waals surface area (Å²) in [6.07, 6.45) is 0.879. The third kappa shape index (κ3) is 2.48. The number of rotatable bonds is 2. The second kappa shape index (κ2) is 5.53. The van der Waals surface area contributed by atoms with Crippen molar-refractivity contribution in [2.45, 2.75) is 26.7 Å². The van der Waals surface area contributed by atoms with Crippen molar-refractivity contribution in [1.82, 2.24) is 0 Å². The first-order valence-electron chi connectivity index (χ1n) is 6.63. The smallest absolute Gasteiger partial charge is 0.306 e. The van der Waals surface area contributed by atoms with E-state index in [4.69, 9.17) is 4.74 Å². The Balaban J connectivity index is 2.61. The predicted octanol–water partition coefficient (Wildman–Crippen LogP) is 2.00. The molecule has 0 fully saturated rings. The largest absolute Gasteiger partial charge is 0.495 e. The van der Waals surface area contributed by atoms with Crippen LogP contribution in [0.1, 0.15) is 24.5 Å². The maximum Gasteiger partial charge on any atom is 0.306 e. The Morgan fingerprint density at radius 3 is 2.65 bits per heavy atom. The summed E-state index contributed by atoms with van der Waals surface area (Å²) in [5, 5.41) is 9.30. The maximum atomic E-state index is 11.9. The number of methoxy groups -OCH3 is 1. The number of carbonyl (C=O) groups is 2. The SMILES string of the molecule is COc1ccc(C)c2c1N(C(C)=O)CCC(C(=O)O)C2. The number of ether oxygens (including phenoxy) is 1. The minimum absolute atomic E-state index is 0.0961. The molecule has 0 aliphatic carbocycles. The molecule has 1 aliphatic rings. The number of carbonyl (C=O) groups excluding carboxylic acids is 1. The Labute approximate surface area is 118 Å². The minimum Gasteiger partial charge on any atom is -0.495 e. The van der Waals surface area contributed by atoms with Crippen molar-refractivity contribution in [2.75, 3.05) is 18.6 Å². The van der Waals surface area contributed by atoms with Gasteiger partial charge in [0.1, 0.15) is 5.75 Å². The van der Waals surface area contributed by atoms with Gasteiger partial charge < -0.3 is 14.7 Å². The lowest BCUT2D eigenvalue weighted by Crippen LogP contribution is -2.30. The van der Waals surface area contributed by atoms with Crippen molar-refractivity contribution in [3.05, 3.63) is 23.3 Å². The van der Waals surface area contributed by atoms with Crippen LogP contribution in [-0.4, -0.2) is 30.6 Å². The molecule has 0 spiro atoms. The van der Waals surface area contributed by atoms with Crippen LogP contribution in [0.4, 0.5) is 5.69 Å². The quantitative estimate of drug-likeness (QED) is 0.898. The molecule has 1 amide bonds. The Kier molecular flexibility index (Phi) is 3.97. The molecule has 1 heterocycles. The van der Waals surface area contributed by atoms with Crippen molar-refractivity contribution < 1.29 is 19.4 Å². The van der Waals surface area contributed by atoms with Gasteiger partial charge in [0.2, 0.25) is 5.91 Å². The Hall–Kier alpha value is -2.04. The maximum absolute atomic E-state index is 11.9. The first-order valence-corrected chi connectivity index (χ1v) is 6.63. The molecule has 1 aromatic carbocycles. The van der Waals surface area contributed by atoms with Gasteiger partial charge in [-0.2, -0.15) is 0 Å². The van der Waals surface area contributed by atoms with Crippen molar-refractivity contribution >= 4 is 17.6 Å². The number of nitrogens with zero attached hydrogens (tertiary/aromatic N) is 1. The van der Waals surface area contributed by atoms with Crippen molar-refractivity contribution in [1.29, 1.82) is 0 Å². The van der Waals surface area contributed by atoms with E-state index >= 15 is 0 Å². The zero-order valence-electron chi connectivity index (χ0n) is 12.0. The van der Waals surface area contributed by atoms with Gasteiger partial charge in [-0.1, -0.05) is 6.07 Å². The molecule has 0 radical (unpaired) electrons. The molecule has 1 unspecified atom stereocenters. The number of hydrogen-bond donors (Lipinski definition) is 1. The van der Waals surface area contributed by atoms with Gasteiger partial charge in [0, 0.05) is 13.5 Å². The number of carboxylic acid groups (broad SMARTS) is 1. The van der Waals surface area contributed by atoms with Crippen molar-refractivity contribution in [2.24, 2.45) is 5.92 Å². The highest BCUT2D eigenvalue weighted by atomic mass is 16.5. The second-order valence-corrected chi connectivity index (χ2v) is 5.11. The highest BCUT2D eigenvalue weighted by molar-refractivity contribution is 5.95. The van der Waals surface area contributed by atoms with Gasteiger partial charge in [-0.3, -0.25) is 9.59 Å². The van der Waals surface area contributed by atoms with E-state index in [0.29, 0.717) is 25.1 Å². The summed E-state index contributed by atoms with van der Waals surface area (Å²) in [5.74, 6) is -0.763. The van der Waals surface area contributed by atoms with E-state index in [1.165, 1.54) is 6.92 Å². The Bertz CT molecular complexity index is 553. The third-order valence-corrected chi connectivity index (χ3v) is 3.85. The van der Waals surface area contributed by atoms with Crippen molar-refractivity contribution in [3.63, 3.8) is 0 Å². The highest BCUT2D eigenvalue weighted by Gasteiger charge is 2.30. The molecule has 108 valence electrons.